The zero-order chi connectivity index (χ0) is 20.4. The van der Waals surface area contributed by atoms with Crippen molar-refractivity contribution in [3.8, 4) is 0 Å². The van der Waals surface area contributed by atoms with Gasteiger partial charge in [-0.05, 0) is 0 Å². The van der Waals surface area contributed by atoms with Crippen molar-refractivity contribution in [3.05, 3.63) is 10.8 Å². The second kappa shape index (κ2) is 14.6. The molecule has 0 saturated carbocycles. The fourth-order valence-corrected chi connectivity index (χ4v) is 1.90. The monoisotopic (exact) mass is 474 g/mol. The van der Waals surface area contributed by atoms with E-state index in [1.54, 1.807) is 0 Å². The van der Waals surface area contributed by atoms with E-state index in [-0.39, 0.29) is 73.0 Å². The van der Waals surface area contributed by atoms with Gasteiger partial charge in [0, 0.05) is 0 Å². The Morgan fingerprint density at radius 3 is 2.17 bits per heavy atom. The number of nitrogens with zero attached hydrogens (tertiary/aromatic N) is 4. The number of nitrogens with one attached hydrogen (secondary N) is 1. The van der Waals surface area contributed by atoms with Gasteiger partial charge in [-0.3, -0.25) is 20.1 Å². The smallest absolute Gasteiger partial charge is 0.283 e. The van der Waals surface area contributed by atoms with Gasteiger partial charge in [0.05, 0.1) is 39.5 Å². The predicted molar refractivity (Wildman–Crippen MR) is 116 cm³/mol. The molecular formula is C13H25Cl3N10O3. The van der Waals surface area contributed by atoms with Crippen LogP contribution in [-0.4, -0.2) is 72.2 Å². The SMILES string of the molecule is Cl.Cl.N=C(N)N(CCOCCOCCN=C(N)N)C(=O)c1nc(Cl)c(N)nc1N. The van der Waals surface area contributed by atoms with Gasteiger partial charge in [0.25, 0.3) is 5.91 Å². The first-order valence-electron chi connectivity index (χ1n) is 7.69. The van der Waals surface area contributed by atoms with Crippen LogP contribution in [-0.2, 0) is 9.47 Å². The van der Waals surface area contributed by atoms with Crippen LogP contribution in [0.4, 0.5) is 11.6 Å². The molecule has 0 saturated heterocycles. The van der Waals surface area contributed by atoms with E-state index in [9.17, 15) is 4.79 Å². The second-order valence-electron chi connectivity index (χ2n) is 5.01. The minimum atomic E-state index is -0.744. The van der Waals surface area contributed by atoms with Crippen molar-refractivity contribution in [3.63, 3.8) is 0 Å². The fourth-order valence-electron chi connectivity index (χ4n) is 1.78. The molecule has 29 heavy (non-hydrogen) atoms. The van der Waals surface area contributed by atoms with Crippen molar-refractivity contribution in [1.29, 1.82) is 5.41 Å². The average Bonchev–Trinajstić information content (AvgIpc) is 2.58. The van der Waals surface area contributed by atoms with E-state index in [1.165, 1.54) is 0 Å². The zero-order valence-electron chi connectivity index (χ0n) is 15.3. The van der Waals surface area contributed by atoms with Crippen molar-refractivity contribution < 1.29 is 14.3 Å². The van der Waals surface area contributed by atoms with Crippen LogP contribution >= 0.6 is 36.4 Å². The molecule has 1 aromatic heterocycles. The summed E-state index contributed by atoms with van der Waals surface area (Å²) in [5.74, 6) is -1.58. The number of rotatable bonds is 10. The molecule has 0 aliphatic carbocycles. The Hall–Kier alpha value is -2.32. The molecule has 1 amide bonds. The maximum atomic E-state index is 12.5. The predicted octanol–water partition coefficient (Wildman–Crippen LogP) is -1.22. The summed E-state index contributed by atoms with van der Waals surface area (Å²) in [7, 11) is 0. The standard InChI is InChI=1S/C13H23ClN10O3.2ClH/c14-8-10(16)23-9(15)7(22-8)11(25)24(13(19)20)2-4-27-6-5-26-3-1-21-12(17)18;;/h1-6H2,(H3,19,20)(H4,15,16,23)(H4,17,18,21);2*1H. The fraction of sp³-hybridized carbons (Fsp3) is 0.462. The molecule has 13 nitrogen and oxygen atoms in total. The van der Waals surface area contributed by atoms with Crippen molar-refractivity contribution in [1.82, 2.24) is 14.9 Å². The maximum Gasteiger partial charge on any atom is 0.283 e. The van der Waals surface area contributed by atoms with Gasteiger partial charge in [0.2, 0.25) is 0 Å². The molecule has 0 aromatic carbocycles. The van der Waals surface area contributed by atoms with Gasteiger partial charge in [-0.15, -0.1) is 24.8 Å². The Labute approximate surface area is 184 Å². The van der Waals surface area contributed by atoms with E-state index in [0.29, 0.717) is 19.8 Å². The first-order valence-corrected chi connectivity index (χ1v) is 8.07. The quantitative estimate of drug-likeness (QED) is 0.134. The highest BCUT2D eigenvalue weighted by atomic mass is 35.5. The summed E-state index contributed by atoms with van der Waals surface area (Å²) in [6, 6.07) is 0. The maximum absolute atomic E-state index is 12.5. The topological polar surface area (TPSA) is 231 Å². The molecular weight excluding hydrogens is 451 g/mol. The highest BCUT2D eigenvalue weighted by Crippen LogP contribution is 2.18. The summed E-state index contributed by atoms with van der Waals surface area (Å²) in [5.41, 5.74) is 26.6. The minimum absolute atomic E-state index is 0. The molecule has 0 aliphatic rings. The van der Waals surface area contributed by atoms with Gasteiger partial charge in [-0.25, -0.2) is 9.97 Å². The summed E-state index contributed by atoms with van der Waals surface area (Å²) in [6.45, 7) is 1.35. The Bertz CT molecular complexity index is 703. The Kier molecular flexibility index (Phi) is 14.6. The number of hydrogen-bond acceptors (Lipinski definition) is 9. The number of nitrogen functional groups attached to an aromatic ring is 2. The summed E-state index contributed by atoms with van der Waals surface area (Å²) >= 11 is 5.76. The molecule has 0 atom stereocenters. The summed E-state index contributed by atoms with van der Waals surface area (Å²) in [4.78, 5) is 24.7. The summed E-state index contributed by atoms with van der Waals surface area (Å²) in [5, 5.41) is 7.37. The van der Waals surface area contributed by atoms with Crippen molar-refractivity contribution in [2.75, 3.05) is 51.0 Å². The third-order valence-corrected chi connectivity index (χ3v) is 3.28. The van der Waals surface area contributed by atoms with E-state index < -0.39 is 11.9 Å². The van der Waals surface area contributed by atoms with Gasteiger partial charge < -0.3 is 38.1 Å². The normalized spacial score (nSPS) is 9.69. The Morgan fingerprint density at radius 2 is 1.62 bits per heavy atom. The number of aliphatic imine (C=N–C) groups is 1. The van der Waals surface area contributed by atoms with Gasteiger partial charge >= 0.3 is 0 Å². The van der Waals surface area contributed by atoms with Crippen LogP contribution in [0.15, 0.2) is 4.99 Å². The number of carbonyl (C=O) groups is 1. The highest BCUT2D eigenvalue weighted by molar-refractivity contribution is 6.31. The highest BCUT2D eigenvalue weighted by Gasteiger charge is 2.24. The molecule has 11 N–H and O–H groups in total. The van der Waals surface area contributed by atoms with E-state index in [0.717, 1.165) is 4.90 Å². The molecule has 1 rings (SSSR count). The van der Waals surface area contributed by atoms with Crippen LogP contribution < -0.4 is 28.7 Å². The molecule has 1 heterocycles. The number of nitrogens with two attached hydrogens (primary N) is 5. The van der Waals surface area contributed by atoms with Gasteiger partial charge in [-0.1, -0.05) is 11.6 Å². The number of aromatic nitrogens is 2. The molecule has 0 unspecified atom stereocenters. The first kappa shape index (κ1) is 28.9. The number of hydrogen-bond donors (Lipinski definition) is 6. The lowest BCUT2D eigenvalue weighted by molar-refractivity contribution is 0.0443. The second-order valence-corrected chi connectivity index (χ2v) is 5.36. The molecule has 166 valence electrons. The largest absolute Gasteiger partial charge is 0.382 e. The van der Waals surface area contributed by atoms with E-state index >= 15 is 0 Å². The van der Waals surface area contributed by atoms with Crippen LogP contribution in [0.25, 0.3) is 0 Å². The number of halogens is 3. The van der Waals surface area contributed by atoms with Crippen LogP contribution in [0.1, 0.15) is 10.5 Å². The minimum Gasteiger partial charge on any atom is -0.382 e. The molecule has 0 fully saturated rings. The lowest BCUT2D eigenvalue weighted by Gasteiger charge is -2.20. The lowest BCUT2D eigenvalue weighted by Crippen LogP contribution is -2.44. The van der Waals surface area contributed by atoms with Crippen LogP contribution in [0.2, 0.25) is 5.15 Å². The number of amides is 1. The third-order valence-electron chi connectivity index (χ3n) is 3.00. The first-order chi connectivity index (χ1) is 12.7. The molecule has 0 spiro atoms. The number of guanidine groups is 2. The summed E-state index contributed by atoms with van der Waals surface area (Å²) < 4.78 is 10.6. The number of anilines is 2. The number of ether oxygens (including phenoxy) is 2. The Morgan fingerprint density at radius 1 is 1.03 bits per heavy atom. The molecule has 0 radical (unpaired) electrons. The average molecular weight is 476 g/mol. The van der Waals surface area contributed by atoms with Crippen molar-refractivity contribution >= 4 is 65.9 Å². The van der Waals surface area contributed by atoms with Gasteiger partial charge in [0.15, 0.2) is 34.4 Å². The molecule has 0 bridgehead atoms. The summed E-state index contributed by atoms with van der Waals surface area (Å²) in [6.07, 6.45) is 0. The van der Waals surface area contributed by atoms with Crippen molar-refractivity contribution in [2.24, 2.45) is 22.2 Å². The van der Waals surface area contributed by atoms with Crippen molar-refractivity contribution in [2.45, 2.75) is 0 Å². The molecule has 0 aliphatic heterocycles. The molecule has 16 heteroatoms. The van der Waals surface area contributed by atoms with Crippen LogP contribution in [0.5, 0.6) is 0 Å². The van der Waals surface area contributed by atoms with E-state index in [4.69, 9.17) is 55.2 Å². The zero-order valence-corrected chi connectivity index (χ0v) is 17.7. The van der Waals surface area contributed by atoms with E-state index in [2.05, 4.69) is 15.0 Å². The number of carbonyl (C=O) groups excluding carboxylic acids is 1. The third kappa shape index (κ3) is 10.1. The van der Waals surface area contributed by atoms with Crippen LogP contribution in [0.3, 0.4) is 0 Å². The Balaban J connectivity index is 0. The van der Waals surface area contributed by atoms with E-state index in [1.807, 2.05) is 0 Å². The van der Waals surface area contributed by atoms with Crippen LogP contribution in [0, 0.1) is 5.41 Å². The lowest BCUT2D eigenvalue weighted by atomic mass is 10.3. The van der Waals surface area contributed by atoms with Gasteiger partial charge in [0.1, 0.15) is 0 Å². The molecule has 1 aromatic rings. The van der Waals surface area contributed by atoms with Gasteiger partial charge in [-0.2, -0.15) is 0 Å².